The van der Waals surface area contributed by atoms with E-state index >= 15 is 0 Å². The zero-order valence-electron chi connectivity index (χ0n) is 18.8. The normalized spacial score (nSPS) is 18.2. The molecule has 1 unspecified atom stereocenters. The smallest absolute Gasteiger partial charge is 0.238 e. The lowest BCUT2D eigenvalue weighted by Gasteiger charge is -2.27. The molecule has 8 heteroatoms. The van der Waals surface area contributed by atoms with E-state index in [0.717, 1.165) is 28.3 Å². The minimum atomic E-state index is -0.433. The van der Waals surface area contributed by atoms with Crippen LogP contribution in [0.3, 0.4) is 0 Å². The summed E-state index contributed by atoms with van der Waals surface area (Å²) in [6, 6.07) is 15.4. The number of methoxy groups -OCH3 is 1. The molecule has 2 heterocycles. The Bertz CT molecular complexity index is 1010. The molecule has 1 atom stereocenters. The SMILES string of the molecule is COc1ccc(CCC(=O)N2CCCN(C(=O)CC3Sc4ccccc4NC3=O)CC2)cc1. The summed E-state index contributed by atoms with van der Waals surface area (Å²) in [6.07, 6.45) is 2.03. The van der Waals surface area contributed by atoms with Crippen molar-refractivity contribution in [2.24, 2.45) is 0 Å². The van der Waals surface area contributed by atoms with Gasteiger partial charge in [0.15, 0.2) is 0 Å². The Balaban J connectivity index is 1.26. The number of anilines is 1. The number of para-hydroxylation sites is 1. The minimum absolute atomic E-state index is 0.0328. The van der Waals surface area contributed by atoms with Gasteiger partial charge in [-0.2, -0.15) is 0 Å². The van der Waals surface area contributed by atoms with E-state index in [1.807, 2.05) is 53.4 Å². The summed E-state index contributed by atoms with van der Waals surface area (Å²) in [5.41, 5.74) is 1.90. The molecule has 0 spiro atoms. The number of fused-ring (bicyclic) bond motifs is 1. The molecule has 174 valence electrons. The summed E-state index contributed by atoms with van der Waals surface area (Å²) < 4.78 is 5.17. The maximum Gasteiger partial charge on any atom is 0.238 e. The average molecular weight is 468 g/mol. The van der Waals surface area contributed by atoms with Crippen LogP contribution in [0.25, 0.3) is 0 Å². The number of carbonyl (C=O) groups excluding carboxylic acids is 3. The monoisotopic (exact) mass is 467 g/mol. The summed E-state index contributed by atoms with van der Waals surface area (Å²) in [4.78, 5) is 42.8. The Labute approximate surface area is 198 Å². The van der Waals surface area contributed by atoms with E-state index in [9.17, 15) is 14.4 Å². The van der Waals surface area contributed by atoms with Crippen molar-refractivity contribution < 1.29 is 19.1 Å². The van der Waals surface area contributed by atoms with E-state index < -0.39 is 5.25 Å². The summed E-state index contributed by atoms with van der Waals surface area (Å²) in [6.45, 7) is 2.29. The molecule has 2 aliphatic heterocycles. The molecule has 2 aliphatic rings. The molecule has 1 N–H and O–H groups in total. The highest BCUT2D eigenvalue weighted by Crippen LogP contribution is 2.36. The molecule has 0 aromatic heterocycles. The van der Waals surface area contributed by atoms with E-state index in [0.29, 0.717) is 39.0 Å². The second kappa shape index (κ2) is 10.7. The second-order valence-electron chi connectivity index (χ2n) is 8.26. The van der Waals surface area contributed by atoms with Gasteiger partial charge in [0.25, 0.3) is 0 Å². The number of nitrogens with one attached hydrogen (secondary N) is 1. The topological polar surface area (TPSA) is 79.0 Å². The quantitative estimate of drug-likeness (QED) is 0.706. The molecule has 1 fully saturated rings. The number of thioether (sulfide) groups is 1. The highest BCUT2D eigenvalue weighted by molar-refractivity contribution is 8.01. The van der Waals surface area contributed by atoms with E-state index in [1.54, 1.807) is 12.0 Å². The van der Waals surface area contributed by atoms with Gasteiger partial charge in [0.1, 0.15) is 5.75 Å². The van der Waals surface area contributed by atoms with Crippen molar-refractivity contribution in [3.63, 3.8) is 0 Å². The third kappa shape index (κ3) is 5.87. The molecule has 1 saturated heterocycles. The number of amides is 3. The van der Waals surface area contributed by atoms with Crippen LogP contribution in [0.5, 0.6) is 5.75 Å². The van der Waals surface area contributed by atoms with Gasteiger partial charge in [-0.1, -0.05) is 24.3 Å². The number of nitrogens with zero attached hydrogens (tertiary/aromatic N) is 2. The third-order valence-corrected chi connectivity index (χ3v) is 7.33. The van der Waals surface area contributed by atoms with Crippen molar-refractivity contribution in [1.29, 1.82) is 0 Å². The van der Waals surface area contributed by atoms with Crippen molar-refractivity contribution >= 4 is 35.2 Å². The Kier molecular flexibility index (Phi) is 7.54. The van der Waals surface area contributed by atoms with Crippen LogP contribution in [0.4, 0.5) is 5.69 Å². The first-order valence-electron chi connectivity index (χ1n) is 11.3. The number of hydrogen-bond donors (Lipinski definition) is 1. The van der Waals surface area contributed by atoms with Gasteiger partial charge in [-0.15, -0.1) is 11.8 Å². The van der Waals surface area contributed by atoms with Gasteiger partial charge in [0.05, 0.1) is 18.0 Å². The number of carbonyl (C=O) groups is 3. The first kappa shape index (κ1) is 23.2. The van der Waals surface area contributed by atoms with Gasteiger partial charge < -0.3 is 19.9 Å². The number of ether oxygens (including phenoxy) is 1. The standard InChI is InChI=1S/C25H29N3O4S/c1-32-19-10-7-18(8-11-19)9-12-23(29)27-13-4-14-28(16-15-27)24(30)17-22-25(31)26-20-5-2-3-6-21(20)33-22/h2-3,5-8,10-11,22H,4,9,12-17H2,1H3,(H,26,31). The molecule has 7 nitrogen and oxygen atoms in total. The molecule has 0 radical (unpaired) electrons. The minimum Gasteiger partial charge on any atom is -0.497 e. The van der Waals surface area contributed by atoms with Gasteiger partial charge in [-0.25, -0.2) is 0 Å². The molecule has 33 heavy (non-hydrogen) atoms. The average Bonchev–Trinajstić information content (AvgIpc) is 3.10. The van der Waals surface area contributed by atoms with Gasteiger partial charge in [-0.3, -0.25) is 14.4 Å². The Morgan fingerprint density at radius 3 is 2.42 bits per heavy atom. The van der Waals surface area contributed by atoms with Gasteiger partial charge in [-0.05, 0) is 42.7 Å². The predicted octanol–water partition coefficient (Wildman–Crippen LogP) is 3.19. The van der Waals surface area contributed by atoms with Crippen LogP contribution in [0, 0.1) is 0 Å². The van der Waals surface area contributed by atoms with Crippen LogP contribution >= 0.6 is 11.8 Å². The molecular formula is C25H29N3O4S. The van der Waals surface area contributed by atoms with E-state index in [4.69, 9.17) is 4.74 Å². The number of aryl methyl sites for hydroxylation is 1. The maximum absolute atomic E-state index is 12.9. The zero-order chi connectivity index (χ0) is 23.2. The van der Waals surface area contributed by atoms with Crippen LogP contribution in [-0.4, -0.2) is 66.1 Å². The van der Waals surface area contributed by atoms with Gasteiger partial charge >= 0.3 is 0 Å². The van der Waals surface area contributed by atoms with Crippen molar-refractivity contribution in [1.82, 2.24) is 9.80 Å². The van der Waals surface area contributed by atoms with Crippen LogP contribution < -0.4 is 10.1 Å². The third-order valence-electron chi connectivity index (χ3n) is 6.05. The number of hydrogen-bond acceptors (Lipinski definition) is 5. The van der Waals surface area contributed by atoms with Crippen LogP contribution in [0.15, 0.2) is 53.4 Å². The molecule has 4 rings (SSSR count). The second-order valence-corrected chi connectivity index (χ2v) is 9.50. The Morgan fingerprint density at radius 2 is 1.70 bits per heavy atom. The highest BCUT2D eigenvalue weighted by Gasteiger charge is 2.31. The number of rotatable bonds is 6. The van der Waals surface area contributed by atoms with Crippen LogP contribution in [0.1, 0.15) is 24.8 Å². The fourth-order valence-corrected chi connectivity index (χ4v) is 5.23. The first-order chi connectivity index (χ1) is 16.0. The molecular weight excluding hydrogens is 438 g/mol. The van der Waals surface area contributed by atoms with Crippen molar-refractivity contribution in [3.05, 3.63) is 54.1 Å². The van der Waals surface area contributed by atoms with Crippen molar-refractivity contribution in [3.8, 4) is 5.75 Å². The van der Waals surface area contributed by atoms with Gasteiger partial charge in [0, 0.05) is 43.9 Å². The van der Waals surface area contributed by atoms with Crippen molar-refractivity contribution in [2.45, 2.75) is 35.8 Å². The lowest BCUT2D eigenvalue weighted by atomic mass is 10.1. The molecule has 3 amide bonds. The molecule has 2 aromatic rings. The van der Waals surface area contributed by atoms with E-state index in [-0.39, 0.29) is 24.1 Å². The fourth-order valence-electron chi connectivity index (χ4n) is 4.13. The summed E-state index contributed by atoms with van der Waals surface area (Å²) in [5, 5.41) is 2.46. The number of benzene rings is 2. The fraction of sp³-hybridized carbons (Fsp3) is 0.400. The Morgan fingerprint density at radius 1 is 1.00 bits per heavy atom. The summed E-state index contributed by atoms with van der Waals surface area (Å²) in [5.74, 6) is 0.751. The predicted molar refractivity (Wildman–Crippen MR) is 128 cm³/mol. The summed E-state index contributed by atoms with van der Waals surface area (Å²) >= 11 is 1.44. The maximum atomic E-state index is 12.9. The zero-order valence-corrected chi connectivity index (χ0v) is 19.6. The van der Waals surface area contributed by atoms with Gasteiger partial charge in [0.2, 0.25) is 17.7 Å². The Hall–Kier alpha value is -3.00. The summed E-state index contributed by atoms with van der Waals surface area (Å²) in [7, 11) is 1.63. The van der Waals surface area contributed by atoms with E-state index in [1.165, 1.54) is 11.8 Å². The lowest BCUT2D eigenvalue weighted by Crippen LogP contribution is -2.40. The molecule has 0 saturated carbocycles. The van der Waals surface area contributed by atoms with E-state index in [2.05, 4.69) is 5.32 Å². The highest BCUT2D eigenvalue weighted by atomic mass is 32.2. The molecule has 0 bridgehead atoms. The largest absolute Gasteiger partial charge is 0.497 e. The van der Waals surface area contributed by atoms with Crippen LogP contribution in [-0.2, 0) is 20.8 Å². The molecule has 0 aliphatic carbocycles. The van der Waals surface area contributed by atoms with Crippen molar-refractivity contribution in [2.75, 3.05) is 38.6 Å². The molecule has 2 aromatic carbocycles. The lowest BCUT2D eigenvalue weighted by molar-refractivity contribution is -0.134. The first-order valence-corrected chi connectivity index (χ1v) is 12.2. The van der Waals surface area contributed by atoms with Crippen LogP contribution in [0.2, 0.25) is 0 Å².